The summed E-state index contributed by atoms with van der Waals surface area (Å²) >= 11 is 0. The number of nitrogens with one attached hydrogen (secondary N) is 1. The van der Waals surface area contributed by atoms with Gasteiger partial charge in [-0.2, -0.15) is 0 Å². The molecule has 0 bridgehead atoms. The molecule has 0 saturated carbocycles. The number of amides is 1. The van der Waals surface area contributed by atoms with Gasteiger partial charge in [0.2, 0.25) is 5.91 Å². The molecule has 3 nitrogen and oxygen atoms in total. The SMILES string of the molecule is CCCCCCCCC(=O)NCC(C)(O)CC(C)C. The highest BCUT2D eigenvalue weighted by molar-refractivity contribution is 5.75. The summed E-state index contributed by atoms with van der Waals surface area (Å²) in [6.07, 6.45) is 8.45. The lowest BCUT2D eigenvalue weighted by atomic mass is 9.94. The maximum absolute atomic E-state index is 11.6. The Bertz CT molecular complexity index is 237. The first-order chi connectivity index (χ1) is 8.87. The largest absolute Gasteiger partial charge is 0.388 e. The van der Waals surface area contributed by atoms with Crippen molar-refractivity contribution in [2.75, 3.05) is 6.54 Å². The van der Waals surface area contributed by atoms with E-state index >= 15 is 0 Å². The molecular weight excluding hydrogens is 238 g/mol. The first-order valence-electron chi connectivity index (χ1n) is 7.86. The minimum atomic E-state index is -0.787. The zero-order valence-electron chi connectivity index (χ0n) is 13.3. The molecular formula is C16H33NO2. The smallest absolute Gasteiger partial charge is 0.220 e. The van der Waals surface area contributed by atoms with Crippen LogP contribution in [0.2, 0.25) is 0 Å². The van der Waals surface area contributed by atoms with Crippen LogP contribution in [0.3, 0.4) is 0 Å². The molecule has 0 radical (unpaired) electrons. The number of aliphatic hydroxyl groups is 1. The molecule has 1 unspecified atom stereocenters. The van der Waals surface area contributed by atoms with Crippen molar-refractivity contribution in [3.63, 3.8) is 0 Å². The van der Waals surface area contributed by atoms with Gasteiger partial charge in [-0.25, -0.2) is 0 Å². The highest BCUT2D eigenvalue weighted by Gasteiger charge is 2.22. The van der Waals surface area contributed by atoms with Crippen molar-refractivity contribution >= 4 is 5.91 Å². The number of hydrogen-bond acceptors (Lipinski definition) is 2. The third-order valence-corrected chi connectivity index (χ3v) is 3.27. The first kappa shape index (κ1) is 18.4. The van der Waals surface area contributed by atoms with Crippen molar-refractivity contribution in [1.82, 2.24) is 5.32 Å². The molecule has 0 heterocycles. The number of unbranched alkanes of at least 4 members (excludes halogenated alkanes) is 5. The van der Waals surface area contributed by atoms with Gasteiger partial charge in [-0.15, -0.1) is 0 Å². The van der Waals surface area contributed by atoms with Crippen molar-refractivity contribution in [2.45, 2.75) is 84.7 Å². The van der Waals surface area contributed by atoms with E-state index in [0.29, 0.717) is 25.3 Å². The predicted molar refractivity (Wildman–Crippen MR) is 81.1 cm³/mol. The second-order valence-corrected chi connectivity index (χ2v) is 6.39. The Morgan fingerprint density at radius 1 is 1.16 bits per heavy atom. The summed E-state index contributed by atoms with van der Waals surface area (Å²) in [6, 6.07) is 0. The van der Waals surface area contributed by atoms with E-state index in [9.17, 15) is 9.90 Å². The molecule has 3 heteroatoms. The van der Waals surface area contributed by atoms with Crippen LogP contribution in [-0.4, -0.2) is 23.2 Å². The highest BCUT2D eigenvalue weighted by atomic mass is 16.3. The predicted octanol–water partition coefficient (Wildman–Crippen LogP) is 3.65. The van der Waals surface area contributed by atoms with E-state index in [0.717, 1.165) is 12.8 Å². The molecule has 1 amide bonds. The lowest BCUT2D eigenvalue weighted by molar-refractivity contribution is -0.122. The van der Waals surface area contributed by atoms with E-state index in [4.69, 9.17) is 0 Å². The van der Waals surface area contributed by atoms with E-state index < -0.39 is 5.60 Å². The molecule has 19 heavy (non-hydrogen) atoms. The Balaban J connectivity index is 3.58. The van der Waals surface area contributed by atoms with E-state index in [1.54, 1.807) is 6.92 Å². The fourth-order valence-corrected chi connectivity index (χ4v) is 2.39. The normalized spacial score (nSPS) is 14.4. The van der Waals surface area contributed by atoms with Gasteiger partial charge in [-0.3, -0.25) is 4.79 Å². The lowest BCUT2D eigenvalue weighted by Crippen LogP contribution is -2.41. The second kappa shape index (κ2) is 10.2. The Morgan fingerprint density at radius 3 is 2.32 bits per heavy atom. The Morgan fingerprint density at radius 2 is 1.74 bits per heavy atom. The average Bonchev–Trinajstić information content (AvgIpc) is 2.29. The molecule has 0 aliphatic heterocycles. The lowest BCUT2D eigenvalue weighted by Gasteiger charge is -2.25. The molecule has 0 rings (SSSR count). The van der Waals surface area contributed by atoms with Crippen LogP contribution < -0.4 is 5.32 Å². The van der Waals surface area contributed by atoms with Gasteiger partial charge in [-0.1, -0.05) is 52.9 Å². The van der Waals surface area contributed by atoms with Crippen LogP contribution >= 0.6 is 0 Å². The van der Waals surface area contributed by atoms with Crippen LogP contribution in [0.4, 0.5) is 0 Å². The van der Waals surface area contributed by atoms with E-state index in [2.05, 4.69) is 26.1 Å². The first-order valence-corrected chi connectivity index (χ1v) is 7.86. The zero-order valence-corrected chi connectivity index (χ0v) is 13.3. The molecule has 2 N–H and O–H groups in total. The number of hydrogen-bond donors (Lipinski definition) is 2. The van der Waals surface area contributed by atoms with Crippen LogP contribution in [0.5, 0.6) is 0 Å². The molecule has 114 valence electrons. The standard InChI is InChI=1S/C16H33NO2/c1-5-6-7-8-9-10-11-15(18)17-13-16(4,19)12-14(2)3/h14,19H,5-13H2,1-4H3,(H,17,18). The van der Waals surface area contributed by atoms with Crippen LogP contribution in [0.25, 0.3) is 0 Å². The Kier molecular flexibility index (Phi) is 9.94. The molecule has 1 atom stereocenters. The van der Waals surface area contributed by atoms with Crippen molar-refractivity contribution in [1.29, 1.82) is 0 Å². The number of rotatable bonds is 11. The topological polar surface area (TPSA) is 49.3 Å². The summed E-state index contributed by atoms with van der Waals surface area (Å²) in [5.74, 6) is 0.505. The van der Waals surface area contributed by atoms with Gasteiger partial charge in [0.25, 0.3) is 0 Å². The van der Waals surface area contributed by atoms with Gasteiger partial charge in [0.1, 0.15) is 0 Å². The van der Waals surface area contributed by atoms with E-state index in [-0.39, 0.29) is 5.91 Å². The summed E-state index contributed by atoms with van der Waals surface area (Å²) < 4.78 is 0. The van der Waals surface area contributed by atoms with Crippen molar-refractivity contribution < 1.29 is 9.90 Å². The maximum atomic E-state index is 11.6. The molecule has 0 aromatic rings. The monoisotopic (exact) mass is 271 g/mol. The van der Waals surface area contributed by atoms with Crippen molar-refractivity contribution in [3.05, 3.63) is 0 Å². The highest BCUT2D eigenvalue weighted by Crippen LogP contribution is 2.15. The van der Waals surface area contributed by atoms with Gasteiger partial charge in [0, 0.05) is 13.0 Å². The van der Waals surface area contributed by atoms with Gasteiger partial charge >= 0.3 is 0 Å². The summed E-state index contributed by atoms with van der Waals surface area (Å²) in [7, 11) is 0. The van der Waals surface area contributed by atoms with Gasteiger partial charge in [0.15, 0.2) is 0 Å². The third kappa shape index (κ3) is 12.2. The van der Waals surface area contributed by atoms with Crippen LogP contribution in [0.15, 0.2) is 0 Å². The minimum absolute atomic E-state index is 0.0690. The molecule has 0 aromatic heterocycles. The Labute approximate surface area is 119 Å². The zero-order chi connectivity index (χ0) is 14.7. The van der Waals surface area contributed by atoms with Crippen molar-refractivity contribution in [3.8, 4) is 0 Å². The molecule has 0 spiro atoms. The summed E-state index contributed by atoms with van der Waals surface area (Å²) in [4.78, 5) is 11.6. The number of carbonyl (C=O) groups is 1. The fraction of sp³-hybridized carbons (Fsp3) is 0.938. The maximum Gasteiger partial charge on any atom is 0.220 e. The van der Waals surface area contributed by atoms with Crippen LogP contribution in [0.1, 0.15) is 79.1 Å². The van der Waals surface area contributed by atoms with E-state index in [1.165, 1.54) is 25.7 Å². The number of carbonyl (C=O) groups excluding carboxylic acids is 1. The quantitative estimate of drug-likeness (QED) is 0.564. The minimum Gasteiger partial charge on any atom is -0.388 e. The van der Waals surface area contributed by atoms with Crippen LogP contribution in [0, 0.1) is 5.92 Å². The summed E-state index contributed by atoms with van der Waals surface area (Å²) in [6.45, 7) is 8.51. The van der Waals surface area contributed by atoms with Crippen molar-refractivity contribution in [2.24, 2.45) is 5.92 Å². The summed E-state index contributed by atoms with van der Waals surface area (Å²) in [5, 5.41) is 12.9. The van der Waals surface area contributed by atoms with E-state index in [1.807, 2.05) is 0 Å². The molecule has 0 aliphatic carbocycles. The molecule has 0 aromatic carbocycles. The molecule has 0 saturated heterocycles. The average molecular weight is 271 g/mol. The molecule has 0 fully saturated rings. The molecule has 0 aliphatic rings. The van der Waals surface area contributed by atoms with Crippen LogP contribution in [-0.2, 0) is 4.79 Å². The Hall–Kier alpha value is -0.570. The van der Waals surface area contributed by atoms with Gasteiger partial charge in [-0.05, 0) is 25.7 Å². The van der Waals surface area contributed by atoms with Gasteiger partial charge in [0.05, 0.1) is 5.60 Å². The third-order valence-electron chi connectivity index (χ3n) is 3.27. The summed E-state index contributed by atoms with van der Waals surface area (Å²) in [5.41, 5.74) is -0.787. The second-order valence-electron chi connectivity index (χ2n) is 6.39. The fourth-order valence-electron chi connectivity index (χ4n) is 2.39. The van der Waals surface area contributed by atoms with Gasteiger partial charge < -0.3 is 10.4 Å².